The maximum Gasteiger partial charge on any atom is 0.249 e. The van der Waals surface area contributed by atoms with Crippen LogP contribution in [-0.4, -0.2) is 18.6 Å². The van der Waals surface area contributed by atoms with E-state index in [2.05, 4.69) is 5.32 Å². The Morgan fingerprint density at radius 2 is 2.64 bits per heavy atom. The summed E-state index contributed by atoms with van der Waals surface area (Å²) in [5.41, 5.74) is 0. The molecular weight excluding hydrogens is 198 g/mol. The Balaban J connectivity index is 1.77. The molecule has 1 aromatic heterocycles. The average Bonchev–Trinajstić information content (AvgIpc) is 2.87. The molecule has 0 saturated carbocycles. The first-order valence-electron chi connectivity index (χ1n) is 4.78. The molecule has 1 aromatic rings. The van der Waals surface area contributed by atoms with Crippen molar-refractivity contribution in [3.8, 4) is 0 Å². The molecule has 0 radical (unpaired) electrons. The Bertz CT molecular complexity index is 291. The Kier molecular flexibility index (Phi) is 3.16. The van der Waals surface area contributed by atoms with E-state index >= 15 is 0 Å². The molecule has 0 aromatic carbocycles. The molecule has 1 saturated heterocycles. The van der Waals surface area contributed by atoms with E-state index in [9.17, 15) is 4.79 Å². The van der Waals surface area contributed by atoms with Gasteiger partial charge in [-0.15, -0.1) is 11.3 Å². The van der Waals surface area contributed by atoms with E-state index in [4.69, 9.17) is 4.74 Å². The van der Waals surface area contributed by atoms with Gasteiger partial charge in [0.15, 0.2) is 0 Å². The Hall–Kier alpha value is -0.870. The van der Waals surface area contributed by atoms with Crippen LogP contribution in [-0.2, 0) is 16.1 Å². The topological polar surface area (TPSA) is 38.3 Å². The van der Waals surface area contributed by atoms with E-state index in [1.54, 1.807) is 11.3 Å². The minimum Gasteiger partial charge on any atom is -0.368 e. The highest BCUT2D eigenvalue weighted by Crippen LogP contribution is 2.12. The largest absolute Gasteiger partial charge is 0.368 e. The van der Waals surface area contributed by atoms with Gasteiger partial charge in [-0.25, -0.2) is 0 Å². The summed E-state index contributed by atoms with van der Waals surface area (Å²) >= 11 is 1.65. The second kappa shape index (κ2) is 4.57. The van der Waals surface area contributed by atoms with Crippen molar-refractivity contribution >= 4 is 17.2 Å². The van der Waals surface area contributed by atoms with Gasteiger partial charge in [-0.1, -0.05) is 6.07 Å². The van der Waals surface area contributed by atoms with Crippen molar-refractivity contribution < 1.29 is 9.53 Å². The van der Waals surface area contributed by atoms with Gasteiger partial charge in [0.25, 0.3) is 0 Å². The average molecular weight is 211 g/mol. The number of hydrogen-bond acceptors (Lipinski definition) is 3. The second-order valence-corrected chi connectivity index (χ2v) is 4.33. The molecule has 0 bridgehead atoms. The predicted octanol–water partition coefficient (Wildman–Crippen LogP) is 1.54. The Morgan fingerprint density at radius 3 is 3.29 bits per heavy atom. The summed E-state index contributed by atoms with van der Waals surface area (Å²) in [6.07, 6.45) is 1.64. The van der Waals surface area contributed by atoms with Gasteiger partial charge in [0.1, 0.15) is 6.10 Å². The van der Waals surface area contributed by atoms with Crippen molar-refractivity contribution in [1.29, 1.82) is 0 Å². The highest BCUT2D eigenvalue weighted by Gasteiger charge is 2.22. The third-order valence-corrected chi connectivity index (χ3v) is 3.12. The van der Waals surface area contributed by atoms with E-state index in [0.29, 0.717) is 6.54 Å². The highest BCUT2D eigenvalue weighted by atomic mass is 32.1. The van der Waals surface area contributed by atoms with Crippen LogP contribution >= 0.6 is 11.3 Å². The molecule has 3 nitrogen and oxygen atoms in total. The fourth-order valence-corrected chi connectivity index (χ4v) is 2.13. The zero-order valence-electron chi connectivity index (χ0n) is 7.86. The van der Waals surface area contributed by atoms with Crippen molar-refractivity contribution in [1.82, 2.24) is 5.32 Å². The number of rotatable bonds is 3. The molecule has 1 aliphatic heterocycles. The van der Waals surface area contributed by atoms with Crippen LogP contribution in [0.2, 0.25) is 0 Å². The van der Waals surface area contributed by atoms with Crippen LogP contribution in [0.5, 0.6) is 0 Å². The lowest BCUT2D eigenvalue weighted by Crippen LogP contribution is -2.33. The second-order valence-electron chi connectivity index (χ2n) is 3.30. The van der Waals surface area contributed by atoms with Gasteiger partial charge in [0.2, 0.25) is 5.91 Å². The number of carbonyl (C=O) groups is 1. The molecule has 0 spiro atoms. The molecule has 1 fully saturated rings. The van der Waals surface area contributed by atoms with Crippen molar-refractivity contribution in [2.24, 2.45) is 0 Å². The smallest absolute Gasteiger partial charge is 0.249 e. The number of hydrogen-bond donors (Lipinski definition) is 1. The van der Waals surface area contributed by atoms with Gasteiger partial charge >= 0.3 is 0 Å². The minimum absolute atomic E-state index is 0.0240. The number of thiophene rings is 1. The lowest BCUT2D eigenvalue weighted by Gasteiger charge is -2.08. The van der Waals surface area contributed by atoms with Crippen LogP contribution in [0.25, 0.3) is 0 Å². The minimum atomic E-state index is -0.213. The summed E-state index contributed by atoms with van der Waals surface area (Å²) in [7, 11) is 0. The third-order valence-electron chi connectivity index (χ3n) is 2.24. The fourth-order valence-electron chi connectivity index (χ4n) is 1.49. The maximum absolute atomic E-state index is 11.5. The molecule has 1 N–H and O–H groups in total. The van der Waals surface area contributed by atoms with E-state index < -0.39 is 0 Å². The van der Waals surface area contributed by atoms with Crippen LogP contribution in [0.15, 0.2) is 17.5 Å². The summed E-state index contributed by atoms with van der Waals surface area (Å²) in [6.45, 7) is 1.34. The van der Waals surface area contributed by atoms with Crippen LogP contribution < -0.4 is 5.32 Å². The first-order chi connectivity index (χ1) is 6.86. The van der Waals surface area contributed by atoms with Crippen LogP contribution in [0.4, 0.5) is 0 Å². The van der Waals surface area contributed by atoms with E-state index in [-0.39, 0.29) is 12.0 Å². The summed E-state index contributed by atoms with van der Waals surface area (Å²) in [4.78, 5) is 12.7. The molecule has 1 atom stereocenters. The molecule has 76 valence electrons. The molecular formula is C10H13NO2S. The van der Waals surface area contributed by atoms with Gasteiger partial charge in [-0.2, -0.15) is 0 Å². The van der Waals surface area contributed by atoms with Crippen LogP contribution in [0.1, 0.15) is 17.7 Å². The van der Waals surface area contributed by atoms with Crippen LogP contribution in [0.3, 0.4) is 0 Å². The van der Waals surface area contributed by atoms with Crippen molar-refractivity contribution in [3.63, 3.8) is 0 Å². The zero-order chi connectivity index (χ0) is 9.80. The summed E-state index contributed by atoms with van der Waals surface area (Å²) in [5.74, 6) is 0.0240. The highest BCUT2D eigenvalue weighted by molar-refractivity contribution is 7.09. The van der Waals surface area contributed by atoms with Crippen molar-refractivity contribution in [3.05, 3.63) is 22.4 Å². The molecule has 0 unspecified atom stereocenters. The first kappa shape index (κ1) is 9.68. The van der Waals surface area contributed by atoms with E-state index in [0.717, 1.165) is 19.4 Å². The summed E-state index contributed by atoms with van der Waals surface area (Å²) < 4.78 is 5.28. The Morgan fingerprint density at radius 1 is 1.71 bits per heavy atom. The summed E-state index contributed by atoms with van der Waals surface area (Å²) in [5, 5.41) is 4.88. The van der Waals surface area contributed by atoms with Gasteiger partial charge in [0.05, 0.1) is 6.54 Å². The Labute approximate surface area is 87.1 Å². The fraction of sp³-hybridized carbons (Fsp3) is 0.500. The lowest BCUT2D eigenvalue weighted by molar-refractivity contribution is -0.130. The van der Waals surface area contributed by atoms with Crippen LogP contribution in [0, 0.1) is 0 Å². The van der Waals surface area contributed by atoms with Gasteiger partial charge < -0.3 is 10.1 Å². The van der Waals surface area contributed by atoms with Crippen molar-refractivity contribution in [2.75, 3.05) is 6.61 Å². The normalized spacial score (nSPS) is 21.0. The SMILES string of the molecule is O=C(NCc1cccs1)[C@H]1CCCO1. The summed E-state index contributed by atoms with van der Waals surface area (Å²) in [6, 6.07) is 4.00. The molecule has 4 heteroatoms. The quantitative estimate of drug-likeness (QED) is 0.823. The lowest BCUT2D eigenvalue weighted by atomic mass is 10.2. The molecule has 0 aliphatic carbocycles. The van der Waals surface area contributed by atoms with Crippen molar-refractivity contribution in [2.45, 2.75) is 25.5 Å². The molecule has 1 amide bonds. The predicted molar refractivity (Wildman–Crippen MR) is 55.1 cm³/mol. The first-order valence-corrected chi connectivity index (χ1v) is 5.66. The number of nitrogens with one attached hydrogen (secondary N) is 1. The molecule has 2 rings (SSSR count). The standard InChI is InChI=1S/C10H13NO2S/c12-10(9-4-1-5-13-9)11-7-8-3-2-6-14-8/h2-3,6,9H,1,4-5,7H2,(H,11,12)/t9-/m1/s1. The van der Waals surface area contributed by atoms with E-state index in [1.165, 1.54) is 4.88 Å². The monoisotopic (exact) mass is 211 g/mol. The molecule has 2 heterocycles. The number of amides is 1. The van der Waals surface area contributed by atoms with E-state index in [1.807, 2.05) is 17.5 Å². The maximum atomic E-state index is 11.5. The third kappa shape index (κ3) is 2.33. The van der Waals surface area contributed by atoms with Gasteiger partial charge in [-0.3, -0.25) is 4.79 Å². The van der Waals surface area contributed by atoms with Gasteiger partial charge in [0, 0.05) is 11.5 Å². The number of carbonyl (C=O) groups excluding carboxylic acids is 1. The number of ether oxygens (including phenoxy) is 1. The molecule has 14 heavy (non-hydrogen) atoms. The van der Waals surface area contributed by atoms with Gasteiger partial charge in [-0.05, 0) is 24.3 Å². The zero-order valence-corrected chi connectivity index (χ0v) is 8.68. The molecule has 1 aliphatic rings.